The number of hydrogen-bond donors (Lipinski definition) is 1. The molecular weight excluding hydrogens is 222 g/mol. The van der Waals surface area contributed by atoms with E-state index < -0.39 is 0 Å². The van der Waals surface area contributed by atoms with Gasteiger partial charge in [-0.2, -0.15) is 16.9 Å². The van der Waals surface area contributed by atoms with E-state index in [4.69, 9.17) is 4.74 Å². The maximum Gasteiger partial charge on any atom is 0.147 e. The second-order valence-corrected chi connectivity index (χ2v) is 4.83. The van der Waals surface area contributed by atoms with Crippen molar-refractivity contribution in [1.82, 2.24) is 9.78 Å². The molecule has 0 atom stereocenters. The Labute approximate surface area is 102 Å². The molecule has 4 nitrogen and oxygen atoms in total. The van der Waals surface area contributed by atoms with Crippen LogP contribution in [0.25, 0.3) is 0 Å². The molecule has 92 valence electrons. The molecule has 0 saturated heterocycles. The van der Waals surface area contributed by atoms with Gasteiger partial charge in [-0.05, 0) is 17.9 Å². The summed E-state index contributed by atoms with van der Waals surface area (Å²) in [5, 5.41) is 7.70. The molecule has 0 amide bonds. The van der Waals surface area contributed by atoms with Crippen molar-refractivity contribution >= 4 is 17.6 Å². The molecule has 0 aromatic carbocycles. The summed E-state index contributed by atoms with van der Waals surface area (Å²) < 4.78 is 6.89. The van der Waals surface area contributed by atoms with Gasteiger partial charge in [-0.3, -0.25) is 4.68 Å². The molecule has 0 fully saturated rings. The molecule has 1 heterocycles. The quantitative estimate of drug-likeness (QED) is 0.674. The average molecular weight is 243 g/mol. The maximum atomic E-state index is 5.00. The Balaban J connectivity index is 2.14. The number of hydrogen-bond acceptors (Lipinski definition) is 4. The van der Waals surface area contributed by atoms with Crippen LogP contribution in [-0.4, -0.2) is 41.5 Å². The normalized spacial score (nSPS) is 10.6. The summed E-state index contributed by atoms with van der Waals surface area (Å²) in [6.45, 7) is 4.70. The van der Waals surface area contributed by atoms with Crippen LogP contribution in [0.1, 0.15) is 13.3 Å². The topological polar surface area (TPSA) is 39.1 Å². The number of ether oxygens (including phenoxy) is 1. The number of methoxy groups -OCH3 is 1. The van der Waals surface area contributed by atoms with E-state index in [0.29, 0.717) is 6.61 Å². The third-order valence-electron chi connectivity index (χ3n) is 2.14. The summed E-state index contributed by atoms with van der Waals surface area (Å²) >= 11 is 1.98. The molecule has 0 saturated carbocycles. The van der Waals surface area contributed by atoms with Crippen LogP contribution in [0.15, 0.2) is 12.3 Å². The van der Waals surface area contributed by atoms with E-state index in [0.717, 1.165) is 18.9 Å². The molecule has 0 aliphatic rings. The molecule has 16 heavy (non-hydrogen) atoms. The first kappa shape index (κ1) is 13.4. The Bertz CT molecular complexity index is 278. The fraction of sp³-hybridized carbons (Fsp3) is 0.727. The highest BCUT2D eigenvalue weighted by atomic mass is 32.2. The zero-order chi connectivity index (χ0) is 11.6. The van der Waals surface area contributed by atoms with E-state index in [-0.39, 0.29) is 0 Å². The first-order chi connectivity index (χ1) is 7.86. The molecule has 0 aliphatic heterocycles. The molecule has 1 aromatic heterocycles. The number of thioether (sulfide) groups is 1. The van der Waals surface area contributed by atoms with Gasteiger partial charge in [-0.15, -0.1) is 0 Å². The van der Waals surface area contributed by atoms with Gasteiger partial charge in [0.25, 0.3) is 0 Å². The number of nitrogens with one attached hydrogen (secondary N) is 1. The minimum Gasteiger partial charge on any atom is -0.383 e. The number of nitrogens with zero attached hydrogens (tertiary/aromatic N) is 2. The fourth-order valence-corrected chi connectivity index (χ4v) is 1.94. The van der Waals surface area contributed by atoms with Gasteiger partial charge in [0.1, 0.15) is 5.82 Å². The minimum absolute atomic E-state index is 0.703. The van der Waals surface area contributed by atoms with Crippen molar-refractivity contribution in [2.75, 3.05) is 37.1 Å². The van der Waals surface area contributed by atoms with Crippen molar-refractivity contribution in [3.05, 3.63) is 12.3 Å². The lowest BCUT2D eigenvalue weighted by atomic mass is 10.5. The van der Waals surface area contributed by atoms with Gasteiger partial charge in [0, 0.05) is 25.9 Å². The predicted molar refractivity (Wildman–Crippen MR) is 70.2 cm³/mol. The first-order valence-electron chi connectivity index (χ1n) is 5.70. The van der Waals surface area contributed by atoms with Crippen LogP contribution in [0.4, 0.5) is 5.82 Å². The molecule has 5 heteroatoms. The lowest BCUT2D eigenvalue weighted by Crippen LogP contribution is -2.07. The van der Waals surface area contributed by atoms with E-state index >= 15 is 0 Å². The molecule has 0 spiro atoms. The fourth-order valence-electron chi connectivity index (χ4n) is 1.30. The van der Waals surface area contributed by atoms with Gasteiger partial charge >= 0.3 is 0 Å². The van der Waals surface area contributed by atoms with Crippen molar-refractivity contribution in [1.29, 1.82) is 0 Å². The average Bonchev–Trinajstić information content (AvgIpc) is 2.74. The van der Waals surface area contributed by atoms with Crippen LogP contribution in [0, 0.1) is 0 Å². The SMILES string of the molecule is CCSCCCNc1ccn(CCOC)n1. The lowest BCUT2D eigenvalue weighted by Gasteiger charge is -2.02. The third kappa shape index (κ3) is 5.42. The van der Waals surface area contributed by atoms with Crippen LogP contribution >= 0.6 is 11.8 Å². The van der Waals surface area contributed by atoms with E-state index in [1.54, 1.807) is 7.11 Å². The summed E-state index contributed by atoms with van der Waals surface area (Å²) in [5.74, 6) is 3.37. The summed E-state index contributed by atoms with van der Waals surface area (Å²) in [4.78, 5) is 0. The second-order valence-electron chi connectivity index (χ2n) is 3.43. The highest BCUT2D eigenvalue weighted by Gasteiger charge is 1.97. The molecule has 0 unspecified atom stereocenters. The Kier molecular flexibility index (Phi) is 7.09. The zero-order valence-electron chi connectivity index (χ0n) is 10.1. The summed E-state index contributed by atoms with van der Waals surface area (Å²) in [7, 11) is 1.70. The molecule has 1 N–H and O–H groups in total. The van der Waals surface area contributed by atoms with Crippen molar-refractivity contribution in [2.24, 2.45) is 0 Å². The van der Waals surface area contributed by atoms with Gasteiger partial charge in [-0.25, -0.2) is 0 Å². The van der Waals surface area contributed by atoms with E-state index in [9.17, 15) is 0 Å². The van der Waals surface area contributed by atoms with Gasteiger partial charge in [-0.1, -0.05) is 6.92 Å². The highest BCUT2D eigenvalue weighted by molar-refractivity contribution is 7.99. The standard InChI is InChI=1S/C11H21N3OS/c1-3-16-10-4-6-12-11-5-7-14(13-11)8-9-15-2/h5,7H,3-4,6,8-10H2,1-2H3,(H,12,13). The minimum atomic E-state index is 0.703. The van der Waals surface area contributed by atoms with Crippen molar-refractivity contribution in [2.45, 2.75) is 19.9 Å². The molecule has 0 aliphatic carbocycles. The van der Waals surface area contributed by atoms with Gasteiger partial charge in [0.15, 0.2) is 0 Å². The maximum absolute atomic E-state index is 5.00. The zero-order valence-corrected chi connectivity index (χ0v) is 10.9. The third-order valence-corrected chi connectivity index (χ3v) is 3.13. The second kappa shape index (κ2) is 8.47. The number of anilines is 1. The van der Waals surface area contributed by atoms with Crippen molar-refractivity contribution < 1.29 is 4.74 Å². The number of rotatable bonds is 9. The Hall–Kier alpha value is -0.680. The van der Waals surface area contributed by atoms with Crippen LogP contribution in [0.3, 0.4) is 0 Å². The lowest BCUT2D eigenvalue weighted by molar-refractivity contribution is 0.183. The molecule has 0 bridgehead atoms. The van der Waals surface area contributed by atoms with Crippen molar-refractivity contribution in [3.8, 4) is 0 Å². The molecule has 1 rings (SSSR count). The van der Waals surface area contributed by atoms with E-state index in [2.05, 4.69) is 17.3 Å². The Morgan fingerprint density at radius 3 is 3.19 bits per heavy atom. The monoisotopic (exact) mass is 243 g/mol. The molecular formula is C11H21N3OS. The van der Waals surface area contributed by atoms with Crippen LogP contribution in [0.2, 0.25) is 0 Å². The van der Waals surface area contributed by atoms with E-state index in [1.165, 1.54) is 17.9 Å². The van der Waals surface area contributed by atoms with E-state index in [1.807, 2.05) is 28.7 Å². The summed E-state index contributed by atoms with van der Waals surface area (Å²) in [5.41, 5.74) is 0. The highest BCUT2D eigenvalue weighted by Crippen LogP contribution is 2.04. The van der Waals surface area contributed by atoms with Crippen LogP contribution < -0.4 is 5.32 Å². The summed E-state index contributed by atoms with van der Waals surface area (Å²) in [6, 6.07) is 2.00. The van der Waals surface area contributed by atoms with Gasteiger partial charge in [0.2, 0.25) is 0 Å². The smallest absolute Gasteiger partial charge is 0.147 e. The first-order valence-corrected chi connectivity index (χ1v) is 6.86. The summed E-state index contributed by atoms with van der Waals surface area (Å²) in [6.07, 6.45) is 3.16. The van der Waals surface area contributed by atoms with Gasteiger partial charge in [0.05, 0.1) is 13.2 Å². The Morgan fingerprint density at radius 2 is 2.44 bits per heavy atom. The molecule has 1 aromatic rings. The van der Waals surface area contributed by atoms with Gasteiger partial charge < -0.3 is 10.1 Å². The van der Waals surface area contributed by atoms with Crippen molar-refractivity contribution in [3.63, 3.8) is 0 Å². The largest absolute Gasteiger partial charge is 0.383 e. The van der Waals surface area contributed by atoms with Crippen LogP contribution in [0.5, 0.6) is 0 Å². The Morgan fingerprint density at radius 1 is 1.56 bits per heavy atom. The van der Waals surface area contributed by atoms with Crippen LogP contribution in [-0.2, 0) is 11.3 Å². The number of aromatic nitrogens is 2. The molecule has 0 radical (unpaired) electrons. The predicted octanol–water partition coefficient (Wildman–Crippen LogP) is 2.08.